The molecule has 0 aliphatic carbocycles. The lowest BCUT2D eigenvalue weighted by Crippen LogP contribution is -2.23. The topological polar surface area (TPSA) is 30.8 Å². The van der Waals surface area contributed by atoms with Gasteiger partial charge in [-0.3, -0.25) is 0 Å². The lowest BCUT2D eigenvalue weighted by Gasteiger charge is -2.18. The Kier molecular flexibility index (Phi) is 10.7. The van der Waals surface area contributed by atoms with Crippen molar-refractivity contribution in [2.75, 3.05) is 69.0 Å². The minimum Gasteiger partial charge on any atom is -0.309 e. The maximum absolute atomic E-state index is 5.07. The Morgan fingerprint density at radius 2 is 1.39 bits per heavy atom. The Morgan fingerprint density at radius 3 is 2.06 bits per heavy atom. The number of aryl methyl sites for hydroxylation is 1. The first kappa shape index (κ1) is 28.1. The molecule has 0 radical (unpaired) electrons. The third-order valence-corrected chi connectivity index (χ3v) is 6.35. The molecule has 0 saturated carbocycles. The molecule has 36 heavy (non-hydrogen) atoms. The first-order valence-electron chi connectivity index (χ1n) is 13.1. The largest absolute Gasteiger partial charge is 0.309 e. The predicted molar refractivity (Wildman–Crippen MR) is 153 cm³/mol. The Balaban J connectivity index is 1.77. The molecule has 0 spiro atoms. The van der Waals surface area contributed by atoms with Gasteiger partial charge in [-0.15, -0.1) is 0 Å². The van der Waals surface area contributed by atoms with Crippen LogP contribution in [0.2, 0.25) is 0 Å². The van der Waals surface area contributed by atoms with Crippen molar-refractivity contribution in [2.24, 2.45) is 0 Å². The van der Waals surface area contributed by atoms with Crippen molar-refractivity contribution in [2.45, 2.75) is 32.4 Å². The normalized spacial score (nSPS) is 12.0. The third-order valence-electron chi connectivity index (χ3n) is 6.35. The van der Waals surface area contributed by atoms with Crippen molar-refractivity contribution in [3.8, 4) is 16.9 Å². The van der Waals surface area contributed by atoms with E-state index in [9.17, 15) is 0 Å². The highest BCUT2D eigenvalue weighted by atomic mass is 15.3. The lowest BCUT2D eigenvalue weighted by atomic mass is 10.0. The van der Waals surface area contributed by atoms with Crippen molar-refractivity contribution in [1.29, 1.82) is 0 Å². The molecule has 6 nitrogen and oxygen atoms in total. The standard InChI is InChI=1S/C30H46N6/c1-32(2)18-9-12-25-14-16-27(17-15-25)30-28(23-34(5)6)24-36(31-30)29-13-8-11-26(21-29)22-35(7)20-10-19-33(3)4/h8,11,13-17,21,24H,9-10,12,18-20,22-23H2,1-7H3. The van der Waals surface area contributed by atoms with Crippen LogP contribution >= 0.6 is 0 Å². The van der Waals surface area contributed by atoms with E-state index in [1.54, 1.807) is 0 Å². The van der Waals surface area contributed by atoms with Gasteiger partial charge in [-0.25, -0.2) is 4.68 Å². The van der Waals surface area contributed by atoms with Crippen molar-refractivity contribution in [3.05, 3.63) is 71.4 Å². The van der Waals surface area contributed by atoms with Crippen LogP contribution in [0.25, 0.3) is 16.9 Å². The minimum absolute atomic E-state index is 0.855. The molecule has 1 heterocycles. The summed E-state index contributed by atoms with van der Waals surface area (Å²) in [4.78, 5) is 9.09. The van der Waals surface area contributed by atoms with E-state index >= 15 is 0 Å². The molecule has 196 valence electrons. The van der Waals surface area contributed by atoms with E-state index in [0.29, 0.717) is 0 Å². The second-order valence-electron chi connectivity index (χ2n) is 10.9. The number of hydrogen-bond acceptors (Lipinski definition) is 5. The number of nitrogens with zero attached hydrogens (tertiary/aromatic N) is 6. The van der Waals surface area contributed by atoms with Crippen LogP contribution in [0.1, 0.15) is 29.5 Å². The zero-order chi connectivity index (χ0) is 26.1. The van der Waals surface area contributed by atoms with Crippen LogP contribution in [0.4, 0.5) is 0 Å². The molecule has 0 bridgehead atoms. The lowest BCUT2D eigenvalue weighted by molar-refractivity contribution is 0.294. The molecule has 1 aromatic heterocycles. The van der Waals surface area contributed by atoms with Gasteiger partial charge < -0.3 is 19.6 Å². The van der Waals surface area contributed by atoms with E-state index in [4.69, 9.17) is 5.10 Å². The molecule has 0 amide bonds. The van der Waals surface area contributed by atoms with Gasteiger partial charge in [0.05, 0.1) is 11.4 Å². The molecule has 0 saturated heterocycles. The molecular weight excluding hydrogens is 444 g/mol. The van der Waals surface area contributed by atoms with E-state index in [-0.39, 0.29) is 0 Å². The zero-order valence-electron chi connectivity index (χ0n) is 23.5. The average molecular weight is 491 g/mol. The first-order chi connectivity index (χ1) is 17.2. The second kappa shape index (κ2) is 13.7. The summed E-state index contributed by atoms with van der Waals surface area (Å²) in [6, 6.07) is 17.8. The van der Waals surface area contributed by atoms with E-state index in [1.165, 1.54) is 35.1 Å². The van der Waals surface area contributed by atoms with E-state index in [0.717, 1.165) is 50.5 Å². The van der Waals surface area contributed by atoms with Crippen LogP contribution in [-0.4, -0.2) is 98.3 Å². The fraction of sp³-hybridized carbons (Fsp3) is 0.500. The van der Waals surface area contributed by atoms with Gasteiger partial charge in [-0.05, 0) is 111 Å². The number of aromatic nitrogens is 2. The summed E-state index contributed by atoms with van der Waals surface area (Å²) in [6.07, 6.45) is 5.65. The molecule has 2 aromatic carbocycles. The van der Waals surface area contributed by atoms with Crippen LogP contribution in [-0.2, 0) is 19.5 Å². The Morgan fingerprint density at radius 1 is 0.694 bits per heavy atom. The van der Waals surface area contributed by atoms with Gasteiger partial charge in [0.1, 0.15) is 0 Å². The summed E-state index contributed by atoms with van der Waals surface area (Å²) >= 11 is 0. The molecule has 0 aliphatic rings. The summed E-state index contributed by atoms with van der Waals surface area (Å²) in [5, 5.41) is 5.07. The van der Waals surface area contributed by atoms with Gasteiger partial charge in [0, 0.05) is 30.4 Å². The highest BCUT2D eigenvalue weighted by molar-refractivity contribution is 5.63. The number of benzene rings is 2. The van der Waals surface area contributed by atoms with Crippen LogP contribution in [0.15, 0.2) is 54.7 Å². The maximum atomic E-state index is 5.07. The monoisotopic (exact) mass is 490 g/mol. The van der Waals surface area contributed by atoms with E-state index in [1.807, 2.05) is 0 Å². The van der Waals surface area contributed by atoms with Gasteiger partial charge >= 0.3 is 0 Å². The molecule has 0 unspecified atom stereocenters. The van der Waals surface area contributed by atoms with Gasteiger partial charge in [-0.2, -0.15) is 5.10 Å². The Bertz CT molecular complexity index is 1050. The van der Waals surface area contributed by atoms with Gasteiger partial charge in [0.15, 0.2) is 0 Å². The van der Waals surface area contributed by atoms with E-state index in [2.05, 4.69) is 128 Å². The van der Waals surface area contributed by atoms with Crippen LogP contribution in [0.3, 0.4) is 0 Å². The van der Waals surface area contributed by atoms with Gasteiger partial charge in [-0.1, -0.05) is 36.4 Å². The fourth-order valence-corrected chi connectivity index (χ4v) is 4.51. The first-order valence-corrected chi connectivity index (χ1v) is 13.1. The summed E-state index contributed by atoms with van der Waals surface area (Å²) in [5.74, 6) is 0. The third kappa shape index (κ3) is 8.86. The Labute approximate surface area is 219 Å². The molecule has 0 fully saturated rings. The molecule has 3 rings (SSSR count). The highest BCUT2D eigenvalue weighted by Crippen LogP contribution is 2.26. The molecule has 0 aliphatic heterocycles. The number of rotatable bonds is 14. The average Bonchev–Trinajstić information content (AvgIpc) is 3.22. The van der Waals surface area contributed by atoms with Crippen molar-refractivity contribution < 1.29 is 0 Å². The summed E-state index contributed by atoms with van der Waals surface area (Å²) in [6.45, 7) is 5.12. The predicted octanol–water partition coefficient (Wildman–Crippen LogP) is 4.48. The van der Waals surface area contributed by atoms with Crippen LogP contribution in [0.5, 0.6) is 0 Å². The second-order valence-corrected chi connectivity index (χ2v) is 10.9. The van der Waals surface area contributed by atoms with Crippen molar-refractivity contribution in [1.82, 2.24) is 29.4 Å². The molecular formula is C30H46N6. The van der Waals surface area contributed by atoms with Gasteiger partial charge in [0.25, 0.3) is 0 Å². The molecule has 6 heteroatoms. The molecule has 0 atom stereocenters. The van der Waals surface area contributed by atoms with E-state index < -0.39 is 0 Å². The zero-order valence-corrected chi connectivity index (χ0v) is 23.5. The summed E-state index contributed by atoms with van der Waals surface area (Å²) < 4.78 is 2.05. The number of hydrogen-bond donors (Lipinski definition) is 0. The SMILES string of the molecule is CN(C)CCCc1ccc(-c2nn(-c3cccc(CN(C)CCCN(C)C)c3)cc2CN(C)C)cc1. The Hall–Kier alpha value is -2.51. The van der Waals surface area contributed by atoms with Crippen LogP contribution in [0, 0.1) is 0 Å². The quantitative estimate of drug-likeness (QED) is 0.333. The molecule has 3 aromatic rings. The van der Waals surface area contributed by atoms with Crippen molar-refractivity contribution in [3.63, 3.8) is 0 Å². The highest BCUT2D eigenvalue weighted by Gasteiger charge is 2.14. The van der Waals surface area contributed by atoms with Crippen LogP contribution < -0.4 is 0 Å². The smallest absolute Gasteiger partial charge is 0.0972 e. The minimum atomic E-state index is 0.855. The maximum Gasteiger partial charge on any atom is 0.0972 e. The fourth-order valence-electron chi connectivity index (χ4n) is 4.51. The summed E-state index contributed by atoms with van der Waals surface area (Å²) in [7, 11) is 15.0. The summed E-state index contributed by atoms with van der Waals surface area (Å²) in [5.41, 5.74) is 7.30. The van der Waals surface area contributed by atoms with Gasteiger partial charge in [0.2, 0.25) is 0 Å². The van der Waals surface area contributed by atoms with Crippen molar-refractivity contribution >= 4 is 0 Å². The molecule has 0 N–H and O–H groups in total.